The number of carboxylic acid groups (broad SMARTS) is 1. The molecule has 1 atom stereocenters. The molecule has 3 rings (SSSR count). The van der Waals surface area contributed by atoms with Crippen LogP contribution in [0, 0.1) is 0 Å². The van der Waals surface area contributed by atoms with Crippen molar-refractivity contribution in [1.29, 1.82) is 0 Å². The highest BCUT2D eigenvalue weighted by Gasteiger charge is 2.29. The second-order valence-electron chi connectivity index (χ2n) is 5.75. The van der Waals surface area contributed by atoms with E-state index in [0.717, 1.165) is 36.4 Å². The Morgan fingerprint density at radius 2 is 2.27 bits per heavy atom. The maximum Gasteiger partial charge on any atom is 0.320 e. The summed E-state index contributed by atoms with van der Waals surface area (Å²) in [5, 5.41) is 12.0. The number of hydrogen-bond donors (Lipinski definition) is 2. The molecule has 2 aliphatic heterocycles. The summed E-state index contributed by atoms with van der Waals surface area (Å²) in [5.74, 6) is 0.0675. The van der Waals surface area contributed by atoms with Crippen LogP contribution in [0.1, 0.15) is 24.8 Å². The van der Waals surface area contributed by atoms with E-state index in [0.29, 0.717) is 26.0 Å². The standard InChI is InChI=1S/C16H20N2O4/c19-15-6-3-11-10-12(4-5-13(11)17-15)22-9-8-18-7-1-2-14(18)16(20)21/h4-5,10,14H,1-3,6-9H2,(H,17,19)(H,20,21). The van der Waals surface area contributed by atoms with Gasteiger partial charge in [-0.25, -0.2) is 0 Å². The highest BCUT2D eigenvalue weighted by molar-refractivity contribution is 5.93. The van der Waals surface area contributed by atoms with E-state index in [1.165, 1.54) is 0 Å². The fraction of sp³-hybridized carbons (Fsp3) is 0.500. The van der Waals surface area contributed by atoms with Gasteiger partial charge in [0, 0.05) is 18.7 Å². The summed E-state index contributed by atoms with van der Waals surface area (Å²) in [4.78, 5) is 24.4. The van der Waals surface area contributed by atoms with Crippen LogP contribution in [-0.2, 0) is 16.0 Å². The molecule has 6 nitrogen and oxygen atoms in total. The van der Waals surface area contributed by atoms with Crippen molar-refractivity contribution in [3.05, 3.63) is 23.8 Å². The molecule has 118 valence electrons. The monoisotopic (exact) mass is 304 g/mol. The quantitative estimate of drug-likeness (QED) is 0.862. The van der Waals surface area contributed by atoms with Gasteiger partial charge in [-0.3, -0.25) is 14.5 Å². The summed E-state index contributed by atoms with van der Waals surface area (Å²) in [6.45, 7) is 1.90. The molecule has 1 amide bonds. The maximum absolute atomic E-state index is 11.3. The largest absolute Gasteiger partial charge is 0.492 e. The molecular weight excluding hydrogens is 284 g/mol. The van der Waals surface area contributed by atoms with Crippen molar-refractivity contribution in [2.24, 2.45) is 0 Å². The molecule has 6 heteroatoms. The van der Waals surface area contributed by atoms with Gasteiger partial charge in [0.2, 0.25) is 5.91 Å². The normalized spacial score (nSPS) is 21.3. The minimum Gasteiger partial charge on any atom is -0.492 e. The number of carbonyl (C=O) groups is 2. The summed E-state index contributed by atoms with van der Waals surface area (Å²) in [5.41, 5.74) is 1.94. The number of aliphatic carboxylic acids is 1. The minimum atomic E-state index is -0.748. The highest BCUT2D eigenvalue weighted by atomic mass is 16.5. The molecule has 22 heavy (non-hydrogen) atoms. The van der Waals surface area contributed by atoms with Crippen LogP contribution >= 0.6 is 0 Å². The lowest BCUT2D eigenvalue weighted by atomic mass is 10.0. The Hall–Kier alpha value is -2.08. The molecule has 0 bridgehead atoms. The summed E-state index contributed by atoms with van der Waals surface area (Å²) in [6.07, 6.45) is 2.87. The zero-order valence-electron chi connectivity index (χ0n) is 12.4. The van der Waals surface area contributed by atoms with Crippen molar-refractivity contribution in [2.75, 3.05) is 25.0 Å². The molecule has 0 aliphatic carbocycles. The van der Waals surface area contributed by atoms with Gasteiger partial charge in [0.25, 0.3) is 0 Å². The van der Waals surface area contributed by atoms with Crippen LogP contribution in [0.5, 0.6) is 5.75 Å². The number of anilines is 1. The molecule has 0 spiro atoms. The first-order valence-electron chi connectivity index (χ1n) is 7.66. The van der Waals surface area contributed by atoms with Crippen LogP contribution in [0.4, 0.5) is 5.69 Å². The molecule has 1 saturated heterocycles. The second-order valence-corrected chi connectivity index (χ2v) is 5.75. The zero-order chi connectivity index (χ0) is 15.5. The fourth-order valence-electron chi connectivity index (χ4n) is 3.10. The van der Waals surface area contributed by atoms with Gasteiger partial charge < -0.3 is 15.2 Å². The molecule has 1 aromatic carbocycles. The second kappa shape index (κ2) is 6.36. The molecule has 0 aromatic heterocycles. The highest BCUT2D eigenvalue weighted by Crippen LogP contribution is 2.27. The molecule has 1 fully saturated rings. The fourth-order valence-corrected chi connectivity index (χ4v) is 3.10. The molecule has 2 heterocycles. The molecular formula is C16H20N2O4. The van der Waals surface area contributed by atoms with E-state index in [1.807, 2.05) is 23.1 Å². The number of nitrogens with zero attached hydrogens (tertiary/aromatic N) is 1. The number of ether oxygens (including phenoxy) is 1. The minimum absolute atomic E-state index is 0.0508. The van der Waals surface area contributed by atoms with E-state index >= 15 is 0 Å². The number of amides is 1. The SMILES string of the molecule is O=C1CCc2cc(OCCN3CCCC3C(=O)O)ccc2N1. The average Bonchev–Trinajstić information content (AvgIpc) is 2.96. The smallest absolute Gasteiger partial charge is 0.320 e. The summed E-state index contributed by atoms with van der Waals surface area (Å²) in [6, 6.07) is 5.27. The Morgan fingerprint density at radius 1 is 1.41 bits per heavy atom. The number of fused-ring (bicyclic) bond motifs is 1. The van der Waals surface area contributed by atoms with Gasteiger partial charge in [-0.05, 0) is 49.6 Å². The van der Waals surface area contributed by atoms with Gasteiger partial charge in [0.15, 0.2) is 0 Å². The predicted molar refractivity (Wildman–Crippen MR) is 81.1 cm³/mol. The topological polar surface area (TPSA) is 78.9 Å². The van der Waals surface area contributed by atoms with Gasteiger partial charge in [0.05, 0.1) is 0 Å². The van der Waals surface area contributed by atoms with Crippen molar-refractivity contribution in [2.45, 2.75) is 31.7 Å². The number of benzene rings is 1. The Morgan fingerprint density at radius 3 is 3.09 bits per heavy atom. The predicted octanol–water partition coefficient (Wildman–Crippen LogP) is 1.50. The molecule has 1 aromatic rings. The van der Waals surface area contributed by atoms with Crippen LogP contribution in [0.2, 0.25) is 0 Å². The third-order valence-electron chi connectivity index (χ3n) is 4.27. The number of carbonyl (C=O) groups excluding carboxylic acids is 1. The molecule has 1 unspecified atom stereocenters. The van der Waals surface area contributed by atoms with Gasteiger partial charge >= 0.3 is 5.97 Å². The van der Waals surface area contributed by atoms with Crippen molar-refractivity contribution >= 4 is 17.6 Å². The Kier molecular flexibility index (Phi) is 4.29. The first-order valence-corrected chi connectivity index (χ1v) is 7.66. The van der Waals surface area contributed by atoms with E-state index in [9.17, 15) is 9.59 Å². The summed E-state index contributed by atoms with van der Waals surface area (Å²) < 4.78 is 5.74. The number of rotatable bonds is 5. The van der Waals surface area contributed by atoms with Crippen molar-refractivity contribution < 1.29 is 19.4 Å². The van der Waals surface area contributed by atoms with E-state index in [4.69, 9.17) is 9.84 Å². The Balaban J connectivity index is 1.54. The van der Waals surface area contributed by atoms with E-state index in [-0.39, 0.29) is 11.9 Å². The van der Waals surface area contributed by atoms with Gasteiger partial charge in [-0.1, -0.05) is 0 Å². The lowest BCUT2D eigenvalue weighted by Gasteiger charge is -2.21. The first-order chi connectivity index (χ1) is 10.6. The molecule has 2 aliphatic rings. The summed E-state index contributed by atoms with van der Waals surface area (Å²) in [7, 11) is 0. The van der Waals surface area contributed by atoms with Crippen molar-refractivity contribution in [1.82, 2.24) is 4.90 Å². The number of carboxylic acids is 1. The van der Waals surface area contributed by atoms with Gasteiger partial charge in [0.1, 0.15) is 18.4 Å². The van der Waals surface area contributed by atoms with E-state index in [1.54, 1.807) is 0 Å². The van der Waals surface area contributed by atoms with E-state index < -0.39 is 5.97 Å². The van der Waals surface area contributed by atoms with Crippen LogP contribution < -0.4 is 10.1 Å². The Bertz CT molecular complexity index is 588. The van der Waals surface area contributed by atoms with Gasteiger partial charge in [-0.2, -0.15) is 0 Å². The van der Waals surface area contributed by atoms with Crippen LogP contribution in [0.15, 0.2) is 18.2 Å². The van der Waals surface area contributed by atoms with Crippen LogP contribution in [0.3, 0.4) is 0 Å². The number of aryl methyl sites for hydroxylation is 1. The average molecular weight is 304 g/mol. The third kappa shape index (κ3) is 3.22. The van der Waals surface area contributed by atoms with Crippen LogP contribution in [0.25, 0.3) is 0 Å². The van der Waals surface area contributed by atoms with Crippen LogP contribution in [-0.4, -0.2) is 47.6 Å². The summed E-state index contributed by atoms with van der Waals surface area (Å²) >= 11 is 0. The third-order valence-corrected chi connectivity index (χ3v) is 4.27. The maximum atomic E-state index is 11.3. The van der Waals surface area contributed by atoms with E-state index in [2.05, 4.69) is 5.32 Å². The molecule has 0 radical (unpaired) electrons. The van der Waals surface area contributed by atoms with Crippen molar-refractivity contribution in [3.8, 4) is 5.75 Å². The number of nitrogens with one attached hydrogen (secondary N) is 1. The lowest BCUT2D eigenvalue weighted by molar-refractivity contribution is -0.142. The molecule has 0 saturated carbocycles. The zero-order valence-corrected chi connectivity index (χ0v) is 12.4. The first kappa shape index (κ1) is 14.8. The van der Waals surface area contributed by atoms with Crippen molar-refractivity contribution in [3.63, 3.8) is 0 Å². The Labute approximate surface area is 129 Å². The number of likely N-dealkylation sites (tertiary alicyclic amines) is 1. The lowest BCUT2D eigenvalue weighted by Crippen LogP contribution is -2.38. The molecule has 2 N–H and O–H groups in total. The number of hydrogen-bond acceptors (Lipinski definition) is 4. The van der Waals surface area contributed by atoms with Gasteiger partial charge in [-0.15, -0.1) is 0 Å².